The molecule has 0 fully saturated rings. The first-order valence-electron chi connectivity index (χ1n) is 10.4. The summed E-state index contributed by atoms with van der Waals surface area (Å²) in [4.78, 5) is 31.0. The Morgan fingerprint density at radius 2 is 2.13 bits per heavy atom. The first-order chi connectivity index (χ1) is 14.8. The van der Waals surface area contributed by atoms with Gasteiger partial charge in [0.15, 0.2) is 0 Å². The first-order valence-corrected chi connectivity index (χ1v) is 10.4. The minimum absolute atomic E-state index is 0.0474. The van der Waals surface area contributed by atoms with Crippen LogP contribution in [0.1, 0.15) is 32.3 Å². The number of carbonyl (C=O) groups excluding carboxylic acids is 2. The van der Waals surface area contributed by atoms with Gasteiger partial charge in [-0.15, -0.1) is 0 Å². The zero-order valence-corrected chi connectivity index (χ0v) is 18.4. The lowest BCUT2D eigenvalue weighted by Gasteiger charge is -2.26. The van der Waals surface area contributed by atoms with Gasteiger partial charge in [-0.3, -0.25) is 9.59 Å². The molecule has 8 nitrogen and oxygen atoms in total. The second-order valence-electron chi connectivity index (χ2n) is 7.83. The van der Waals surface area contributed by atoms with Crippen molar-refractivity contribution in [3.63, 3.8) is 0 Å². The van der Waals surface area contributed by atoms with Gasteiger partial charge in [0, 0.05) is 25.4 Å². The summed E-state index contributed by atoms with van der Waals surface area (Å²) < 4.78 is 5.90. The quantitative estimate of drug-likeness (QED) is 0.281. The second-order valence-corrected chi connectivity index (χ2v) is 7.83. The van der Waals surface area contributed by atoms with E-state index in [-0.39, 0.29) is 30.8 Å². The number of hydrogen-bond acceptors (Lipinski definition) is 5. The van der Waals surface area contributed by atoms with E-state index in [0.717, 1.165) is 5.56 Å². The summed E-state index contributed by atoms with van der Waals surface area (Å²) in [6.07, 6.45) is 5.55. The largest absolute Gasteiger partial charge is 0.459 e. The molecule has 1 heterocycles. The van der Waals surface area contributed by atoms with Crippen molar-refractivity contribution in [3.8, 4) is 5.75 Å². The number of aryl methyl sites for hydroxylation is 1. The minimum atomic E-state index is -0.726. The molecule has 0 radical (unpaired) electrons. The van der Waals surface area contributed by atoms with Crippen molar-refractivity contribution >= 4 is 17.6 Å². The van der Waals surface area contributed by atoms with Gasteiger partial charge in [-0.05, 0) is 43.4 Å². The maximum atomic E-state index is 12.9. The minimum Gasteiger partial charge on any atom is -0.459 e. The Morgan fingerprint density at radius 1 is 1.39 bits per heavy atom. The second kappa shape index (κ2) is 11.9. The number of aliphatic imine (C=N–C) groups is 1. The lowest BCUT2D eigenvalue weighted by Crippen LogP contribution is -2.43. The van der Waals surface area contributed by atoms with Crippen LogP contribution in [0.4, 0.5) is 0 Å². The Kier molecular flexibility index (Phi) is 9.27. The highest BCUT2D eigenvalue weighted by molar-refractivity contribution is 6.03. The molecule has 1 aromatic carbocycles. The van der Waals surface area contributed by atoms with E-state index < -0.39 is 11.9 Å². The zero-order valence-electron chi connectivity index (χ0n) is 18.4. The molecule has 8 heteroatoms. The Hall–Kier alpha value is -3.13. The summed E-state index contributed by atoms with van der Waals surface area (Å²) in [6, 6.07) is 6.83. The van der Waals surface area contributed by atoms with Crippen molar-refractivity contribution in [2.75, 3.05) is 19.7 Å². The zero-order chi connectivity index (χ0) is 22.8. The van der Waals surface area contributed by atoms with E-state index in [1.54, 1.807) is 6.20 Å². The number of nitrogens with one attached hydrogen (secondary N) is 1. The highest BCUT2D eigenvalue weighted by Gasteiger charge is 2.34. The van der Waals surface area contributed by atoms with Crippen LogP contribution in [0.2, 0.25) is 0 Å². The van der Waals surface area contributed by atoms with Gasteiger partial charge in [-0.2, -0.15) is 4.99 Å². The molecule has 2 amide bonds. The van der Waals surface area contributed by atoms with Gasteiger partial charge in [0.2, 0.25) is 0 Å². The van der Waals surface area contributed by atoms with Gasteiger partial charge >= 0.3 is 0 Å². The van der Waals surface area contributed by atoms with Crippen LogP contribution in [-0.4, -0.2) is 53.4 Å². The summed E-state index contributed by atoms with van der Waals surface area (Å²) in [5.74, 6) is 0.645. The number of amidine groups is 1. The molecule has 0 bridgehead atoms. The van der Waals surface area contributed by atoms with Gasteiger partial charge < -0.3 is 25.8 Å². The van der Waals surface area contributed by atoms with Crippen molar-refractivity contribution in [2.24, 2.45) is 16.6 Å². The number of nitrogens with zero attached hydrogens (tertiary/aromatic N) is 2. The predicted octanol–water partition coefficient (Wildman–Crippen LogP) is 1.88. The highest BCUT2D eigenvalue weighted by Crippen LogP contribution is 2.25. The van der Waals surface area contributed by atoms with Crippen molar-refractivity contribution in [2.45, 2.75) is 39.7 Å². The molecule has 0 unspecified atom stereocenters. The number of para-hydroxylation sites is 1. The number of ether oxygens (including phenoxy) is 1. The van der Waals surface area contributed by atoms with E-state index >= 15 is 0 Å². The lowest BCUT2D eigenvalue weighted by molar-refractivity contribution is -0.134. The summed E-state index contributed by atoms with van der Waals surface area (Å²) in [6.45, 7) is 6.77. The highest BCUT2D eigenvalue weighted by atomic mass is 16.5. The number of nitrogens with two attached hydrogens (primary N) is 1. The van der Waals surface area contributed by atoms with Crippen molar-refractivity contribution < 1.29 is 19.4 Å². The van der Waals surface area contributed by atoms with E-state index in [2.05, 4.69) is 10.3 Å². The number of aliphatic hydroxyl groups excluding tert-OH is 1. The molecular formula is C23H32N4O4. The Balaban J connectivity index is 2.08. The summed E-state index contributed by atoms with van der Waals surface area (Å²) in [5.41, 5.74) is 6.81. The third-order valence-corrected chi connectivity index (χ3v) is 4.67. The molecule has 4 N–H and O–H groups in total. The van der Waals surface area contributed by atoms with E-state index in [1.165, 1.54) is 17.1 Å². The average molecular weight is 429 g/mol. The van der Waals surface area contributed by atoms with Crippen LogP contribution in [0, 0.1) is 12.8 Å². The van der Waals surface area contributed by atoms with Gasteiger partial charge in [-0.25, -0.2) is 0 Å². The van der Waals surface area contributed by atoms with Gasteiger partial charge in [0.25, 0.3) is 11.8 Å². The molecule has 168 valence electrons. The molecule has 0 saturated carbocycles. The smallest absolute Gasteiger partial charge is 0.270 e. The van der Waals surface area contributed by atoms with E-state index in [9.17, 15) is 9.59 Å². The van der Waals surface area contributed by atoms with Crippen molar-refractivity contribution in [1.82, 2.24) is 10.2 Å². The molecule has 0 aromatic heterocycles. The Labute approximate surface area is 183 Å². The fraction of sp³-hybridized carbons (Fsp3) is 0.435. The SMILES string of the molecule is Cc1ccccc1OC1=CC(=O)N([C@@H](CC(C)C)C(=O)N=C(N)/C=C\NCCCO)C1. The average Bonchev–Trinajstić information content (AvgIpc) is 3.07. The molecule has 0 spiro atoms. The number of hydrogen-bond donors (Lipinski definition) is 3. The number of carbonyl (C=O) groups is 2. The monoisotopic (exact) mass is 428 g/mol. The van der Waals surface area contributed by atoms with Crippen LogP contribution in [0.15, 0.2) is 53.4 Å². The third-order valence-electron chi connectivity index (χ3n) is 4.67. The molecule has 0 aliphatic carbocycles. The maximum Gasteiger partial charge on any atom is 0.270 e. The van der Waals surface area contributed by atoms with Gasteiger partial charge in [-0.1, -0.05) is 32.0 Å². The molecular weight excluding hydrogens is 396 g/mol. The molecule has 1 aliphatic heterocycles. The molecule has 1 aromatic rings. The Bertz CT molecular complexity index is 861. The van der Waals surface area contributed by atoms with Crippen LogP contribution in [0.5, 0.6) is 5.75 Å². The standard InChI is InChI=1S/C23H32N4O4/c1-16(2)13-19(23(30)26-21(24)9-11-25-10-6-12-28)27-15-18(14-22(27)29)31-20-8-5-4-7-17(20)3/h4-5,7-9,11,14,16,19,25,28H,6,10,12-13,15H2,1-3H3,(H2,24,26,30)/b11-9-/t19-/m0/s1. The lowest BCUT2D eigenvalue weighted by atomic mass is 10.0. The van der Waals surface area contributed by atoms with Gasteiger partial charge in [0.05, 0.1) is 6.54 Å². The maximum absolute atomic E-state index is 12.9. The Morgan fingerprint density at radius 3 is 2.81 bits per heavy atom. The summed E-state index contributed by atoms with van der Waals surface area (Å²) in [5, 5.41) is 11.7. The predicted molar refractivity (Wildman–Crippen MR) is 120 cm³/mol. The van der Waals surface area contributed by atoms with E-state index in [1.807, 2.05) is 45.0 Å². The fourth-order valence-corrected chi connectivity index (χ4v) is 3.11. The van der Waals surface area contributed by atoms with E-state index in [0.29, 0.717) is 30.9 Å². The molecule has 2 rings (SSSR count). The van der Waals surface area contributed by atoms with Crippen LogP contribution in [-0.2, 0) is 9.59 Å². The normalized spacial score (nSPS) is 15.5. The first kappa shape index (κ1) is 24.1. The third kappa shape index (κ3) is 7.57. The van der Waals surface area contributed by atoms with E-state index in [4.69, 9.17) is 15.6 Å². The molecule has 1 atom stereocenters. The number of rotatable bonds is 11. The summed E-state index contributed by atoms with van der Waals surface area (Å²) >= 11 is 0. The van der Waals surface area contributed by atoms with Crippen molar-refractivity contribution in [1.29, 1.82) is 0 Å². The number of benzene rings is 1. The number of amides is 2. The van der Waals surface area contributed by atoms with Crippen molar-refractivity contribution in [3.05, 3.63) is 53.9 Å². The molecule has 1 aliphatic rings. The molecule has 0 saturated heterocycles. The topological polar surface area (TPSA) is 117 Å². The van der Waals surface area contributed by atoms with Crippen LogP contribution in [0.3, 0.4) is 0 Å². The summed E-state index contributed by atoms with van der Waals surface area (Å²) in [7, 11) is 0. The van der Waals surface area contributed by atoms with Gasteiger partial charge in [0.1, 0.15) is 23.4 Å². The van der Waals surface area contributed by atoms with Crippen LogP contribution in [0.25, 0.3) is 0 Å². The van der Waals surface area contributed by atoms with Crippen LogP contribution >= 0.6 is 0 Å². The number of aliphatic hydroxyl groups is 1. The molecule has 31 heavy (non-hydrogen) atoms. The van der Waals surface area contributed by atoms with Crippen LogP contribution < -0.4 is 15.8 Å². The fourth-order valence-electron chi connectivity index (χ4n) is 3.11.